The van der Waals surface area contributed by atoms with E-state index in [0.717, 1.165) is 0 Å². The molecular formula is C20H24Br2S2. The van der Waals surface area contributed by atoms with E-state index in [9.17, 15) is 0 Å². The molecule has 3 rings (SSSR count). The van der Waals surface area contributed by atoms with Gasteiger partial charge in [0.2, 0.25) is 0 Å². The SMILES string of the molecule is CCCCCc1c(CCCCC)c2cc(Br)sc2c2sc(Br)cc12. The largest absolute Gasteiger partial charge is 0.127 e. The summed E-state index contributed by atoms with van der Waals surface area (Å²) in [6, 6.07) is 4.72. The Bertz CT molecular complexity index is 760. The van der Waals surface area contributed by atoms with Crippen LogP contribution in [-0.4, -0.2) is 0 Å². The lowest BCUT2D eigenvalue weighted by atomic mass is 9.92. The summed E-state index contributed by atoms with van der Waals surface area (Å²) in [5, 5.41) is 2.99. The van der Waals surface area contributed by atoms with Gasteiger partial charge in [0.25, 0.3) is 0 Å². The van der Waals surface area contributed by atoms with E-state index in [1.807, 2.05) is 22.7 Å². The number of unbranched alkanes of at least 4 members (excludes halogenated alkanes) is 4. The van der Waals surface area contributed by atoms with E-state index in [0.29, 0.717) is 0 Å². The van der Waals surface area contributed by atoms with E-state index < -0.39 is 0 Å². The fraction of sp³-hybridized carbons (Fsp3) is 0.500. The van der Waals surface area contributed by atoms with Crippen molar-refractivity contribution in [2.45, 2.75) is 65.2 Å². The van der Waals surface area contributed by atoms with Gasteiger partial charge in [-0.3, -0.25) is 0 Å². The predicted octanol–water partition coefficient (Wildman–Crippen LogP) is 9.11. The molecule has 3 aromatic rings. The molecule has 2 heterocycles. The monoisotopic (exact) mass is 486 g/mol. The van der Waals surface area contributed by atoms with Crippen LogP contribution < -0.4 is 0 Å². The molecule has 0 bridgehead atoms. The Kier molecular flexibility index (Phi) is 6.81. The number of hydrogen-bond acceptors (Lipinski definition) is 2. The zero-order chi connectivity index (χ0) is 17.1. The molecule has 0 N–H and O–H groups in total. The zero-order valence-corrected chi connectivity index (χ0v) is 19.2. The summed E-state index contributed by atoms with van der Waals surface area (Å²) in [4.78, 5) is 0. The molecule has 0 unspecified atom stereocenters. The number of hydrogen-bond donors (Lipinski definition) is 0. The minimum Gasteiger partial charge on any atom is -0.127 e. The first-order valence-corrected chi connectivity index (χ1v) is 12.2. The minimum absolute atomic E-state index is 1.22. The fourth-order valence-corrected chi connectivity index (χ4v) is 6.92. The second-order valence-electron chi connectivity index (χ2n) is 6.46. The van der Waals surface area contributed by atoms with Gasteiger partial charge in [0.15, 0.2) is 0 Å². The van der Waals surface area contributed by atoms with Crippen molar-refractivity contribution < 1.29 is 0 Å². The number of rotatable bonds is 8. The highest BCUT2D eigenvalue weighted by atomic mass is 79.9. The maximum atomic E-state index is 3.73. The van der Waals surface area contributed by atoms with E-state index in [-0.39, 0.29) is 0 Å². The van der Waals surface area contributed by atoms with Crippen molar-refractivity contribution in [2.24, 2.45) is 0 Å². The maximum absolute atomic E-state index is 3.73. The summed E-state index contributed by atoms with van der Waals surface area (Å²) < 4.78 is 5.45. The van der Waals surface area contributed by atoms with Gasteiger partial charge in [-0.1, -0.05) is 39.5 Å². The molecule has 1 aromatic carbocycles. The van der Waals surface area contributed by atoms with Crippen LogP contribution in [0.5, 0.6) is 0 Å². The van der Waals surface area contributed by atoms with E-state index in [4.69, 9.17) is 0 Å². The molecule has 0 atom stereocenters. The van der Waals surface area contributed by atoms with Crippen molar-refractivity contribution >= 4 is 74.7 Å². The average molecular weight is 488 g/mol. The Morgan fingerprint density at radius 3 is 1.50 bits per heavy atom. The van der Waals surface area contributed by atoms with Crippen molar-refractivity contribution in [3.8, 4) is 0 Å². The molecule has 0 nitrogen and oxygen atoms in total. The number of thiophene rings is 2. The van der Waals surface area contributed by atoms with Gasteiger partial charge in [-0.2, -0.15) is 0 Å². The van der Waals surface area contributed by atoms with Gasteiger partial charge >= 0.3 is 0 Å². The smallest absolute Gasteiger partial charge is 0.0711 e. The Balaban J connectivity index is 2.17. The molecule has 0 radical (unpaired) electrons. The number of benzene rings is 1. The van der Waals surface area contributed by atoms with Gasteiger partial charge in [0, 0.05) is 0 Å². The van der Waals surface area contributed by atoms with E-state index in [1.54, 1.807) is 11.1 Å². The van der Waals surface area contributed by atoms with Gasteiger partial charge in [-0.15, -0.1) is 22.7 Å². The quantitative estimate of drug-likeness (QED) is 0.278. The Hall–Kier alpha value is 0.1000. The Labute approximate surface area is 169 Å². The number of aryl methyl sites for hydroxylation is 2. The molecule has 0 saturated heterocycles. The second-order valence-corrected chi connectivity index (χ2v) is 11.3. The molecule has 4 heteroatoms. The molecule has 0 aliphatic rings. The highest BCUT2D eigenvalue weighted by Crippen LogP contribution is 2.45. The predicted molar refractivity (Wildman–Crippen MR) is 119 cm³/mol. The molecule has 0 saturated carbocycles. The minimum atomic E-state index is 1.22. The van der Waals surface area contributed by atoms with Crippen LogP contribution in [0.15, 0.2) is 19.7 Å². The average Bonchev–Trinajstić information content (AvgIpc) is 3.12. The van der Waals surface area contributed by atoms with Crippen molar-refractivity contribution in [3.63, 3.8) is 0 Å². The summed E-state index contributed by atoms with van der Waals surface area (Å²) in [5.41, 5.74) is 3.24. The first-order valence-electron chi connectivity index (χ1n) is 8.97. The maximum Gasteiger partial charge on any atom is 0.0711 e. The van der Waals surface area contributed by atoms with Gasteiger partial charge in [0.05, 0.1) is 17.0 Å². The van der Waals surface area contributed by atoms with E-state index in [2.05, 4.69) is 57.8 Å². The van der Waals surface area contributed by atoms with Gasteiger partial charge in [-0.05, 0) is 91.6 Å². The van der Waals surface area contributed by atoms with Crippen LogP contribution in [-0.2, 0) is 12.8 Å². The molecule has 0 aliphatic carbocycles. The molecule has 0 spiro atoms. The molecule has 0 aliphatic heterocycles. The molecule has 0 amide bonds. The van der Waals surface area contributed by atoms with Crippen LogP contribution in [0.1, 0.15) is 63.5 Å². The first kappa shape index (κ1) is 18.9. The van der Waals surface area contributed by atoms with E-state index >= 15 is 0 Å². The lowest BCUT2D eigenvalue weighted by Gasteiger charge is -2.13. The third-order valence-corrected chi connectivity index (χ3v) is 8.13. The van der Waals surface area contributed by atoms with Crippen LogP contribution >= 0.6 is 54.5 Å². The molecule has 2 aromatic heterocycles. The van der Waals surface area contributed by atoms with Gasteiger partial charge < -0.3 is 0 Å². The van der Waals surface area contributed by atoms with Crippen LogP contribution in [0.25, 0.3) is 20.2 Å². The van der Waals surface area contributed by atoms with Gasteiger partial charge in [-0.25, -0.2) is 0 Å². The summed E-state index contributed by atoms with van der Waals surface area (Å²) >= 11 is 11.2. The molecule has 0 fully saturated rings. The van der Waals surface area contributed by atoms with E-state index in [1.165, 1.54) is 79.1 Å². The Morgan fingerprint density at radius 2 is 1.12 bits per heavy atom. The highest BCUT2D eigenvalue weighted by molar-refractivity contribution is 9.11. The summed E-state index contributed by atoms with van der Waals surface area (Å²) in [5.74, 6) is 0. The van der Waals surface area contributed by atoms with Crippen molar-refractivity contribution in [2.75, 3.05) is 0 Å². The van der Waals surface area contributed by atoms with Crippen molar-refractivity contribution in [1.82, 2.24) is 0 Å². The standard InChI is InChI=1S/C20H24Br2S2/c1-3-5-7-9-13-14(10-8-6-4-2)16-12-18(22)24-20(16)19-15(13)11-17(21)23-19/h11-12H,3-10H2,1-2H3. The fourth-order valence-electron chi connectivity index (χ4n) is 3.51. The number of fused-ring (bicyclic) bond motifs is 3. The van der Waals surface area contributed by atoms with Gasteiger partial charge in [0.1, 0.15) is 0 Å². The summed E-state index contributed by atoms with van der Waals surface area (Å²) in [7, 11) is 0. The van der Waals surface area contributed by atoms with Crippen LogP contribution in [0, 0.1) is 0 Å². The number of halogens is 2. The van der Waals surface area contributed by atoms with Crippen LogP contribution in [0.3, 0.4) is 0 Å². The van der Waals surface area contributed by atoms with Crippen molar-refractivity contribution in [1.29, 1.82) is 0 Å². The highest BCUT2D eigenvalue weighted by Gasteiger charge is 2.18. The lowest BCUT2D eigenvalue weighted by molar-refractivity contribution is 0.698. The third-order valence-electron chi connectivity index (χ3n) is 4.69. The molecule has 24 heavy (non-hydrogen) atoms. The summed E-state index contributed by atoms with van der Waals surface area (Å²) in [6.07, 6.45) is 10.3. The van der Waals surface area contributed by atoms with Crippen LogP contribution in [0.4, 0.5) is 0 Å². The lowest BCUT2D eigenvalue weighted by Crippen LogP contribution is -1.97. The normalized spacial score (nSPS) is 11.8. The molecule has 130 valence electrons. The zero-order valence-electron chi connectivity index (χ0n) is 14.4. The second kappa shape index (κ2) is 8.66. The van der Waals surface area contributed by atoms with Crippen molar-refractivity contribution in [3.05, 3.63) is 30.8 Å². The Morgan fingerprint density at radius 1 is 0.708 bits per heavy atom. The van der Waals surface area contributed by atoms with Crippen LogP contribution in [0.2, 0.25) is 0 Å². The third kappa shape index (κ3) is 3.92. The molecular weight excluding hydrogens is 464 g/mol. The summed E-state index contributed by atoms with van der Waals surface area (Å²) in [6.45, 7) is 4.58. The topological polar surface area (TPSA) is 0 Å². The first-order chi connectivity index (χ1) is 11.7.